The fourth-order valence-electron chi connectivity index (χ4n) is 4.69. The molecular weight excluding hydrogens is 508 g/mol. The average Bonchev–Trinajstić information content (AvgIpc) is 2.95. The van der Waals surface area contributed by atoms with E-state index >= 15 is 0 Å². The van der Waals surface area contributed by atoms with Gasteiger partial charge in [-0.15, -0.1) is 0 Å². The highest BCUT2D eigenvalue weighted by molar-refractivity contribution is 5.83. The summed E-state index contributed by atoms with van der Waals surface area (Å²) in [5, 5.41) is 6.34. The number of benzene rings is 4. The Morgan fingerprint density at radius 2 is 0.929 bits per heavy atom. The zero-order valence-corrected chi connectivity index (χ0v) is 26.9. The topological polar surface area (TPSA) is 25.8 Å². The smallest absolute Gasteiger partial charge is 0.0705 e. The fourth-order valence-corrected chi connectivity index (χ4v) is 4.69. The van der Waals surface area contributed by atoms with Gasteiger partial charge in [0, 0.05) is 34.3 Å². The number of aromatic nitrogens is 2. The molecule has 0 aliphatic rings. The minimum atomic E-state index is 0.129. The van der Waals surface area contributed by atoms with E-state index in [2.05, 4.69) is 157 Å². The summed E-state index contributed by atoms with van der Waals surface area (Å²) in [6.07, 6.45) is 3.75. The monoisotopic (exact) mass is 554 g/mol. The lowest BCUT2D eigenvalue weighted by atomic mass is 9.86. The molecule has 6 rings (SSSR count). The van der Waals surface area contributed by atoms with Crippen LogP contribution in [-0.2, 0) is 16.2 Å². The van der Waals surface area contributed by atoms with E-state index in [-0.39, 0.29) is 16.2 Å². The highest BCUT2D eigenvalue weighted by Gasteiger charge is 2.15. The van der Waals surface area contributed by atoms with Gasteiger partial charge in [0.25, 0.3) is 0 Å². The molecule has 4 aromatic carbocycles. The van der Waals surface area contributed by atoms with Crippen molar-refractivity contribution in [3.05, 3.63) is 132 Å². The van der Waals surface area contributed by atoms with Crippen molar-refractivity contribution in [2.45, 2.75) is 78.6 Å². The lowest BCUT2D eigenvalue weighted by molar-refractivity contribution is 0.571. The van der Waals surface area contributed by atoms with Gasteiger partial charge in [0.2, 0.25) is 0 Å². The molecule has 0 bridgehead atoms. The number of nitrogens with zero attached hydrogens (tertiary/aromatic N) is 2. The van der Waals surface area contributed by atoms with Crippen molar-refractivity contribution in [3.8, 4) is 0 Å². The summed E-state index contributed by atoms with van der Waals surface area (Å²) in [5.41, 5.74) is 5.57. The Hall–Kier alpha value is -4.04. The summed E-state index contributed by atoms with van der Waals surface area (Å²) in [6.45, 7) is 20.0. The number of para-hydroxylation sites is 1. The summed E-state index contributed by atoms with van der Waals surface area (Å²) >= 11 is 0. The van der Waals surface area contributed by atoms with Crippen LogP contribution < -0.4 is 0 Å². The van der Waals surface area contributed by atoms with Crippen molar-refractivity contribution in [3.63, 3.8) is 0 Å². The normalized spacial score (nSPS) is 11.9. The Bertz CT molecular complexity index is 1560. The van der Waals surface area contributed by atoms with Gasteiger partial charge in [-0.05, 0) is 62.4 Å². The van der Waals surface area contributed by atoms with Crippen LogP contribution in [0.15, 0.2) is 116 Å². The number of fused-ring (bicyclic) bond motifs is 3. The van der Waals surface area contributed by atoms with Crippen LogP contribution in [0.5, 0.6) is 0 Å². The summed E-state index contributed by atoms with van der Waals surface area (Å²) in [5.74, 6) is 0. The molecule has 2 heterocycles. The van der Waals surface area contributed by atoms with E-state index in [1.165, 1.54) is 38.1 Å². The summed E-state index contributed by atoms with van der Waals surface area (Å²) in [6, 6.07) is 36.3. The molecule has 0 radical (unpaired) electrons. The zero-order valence-electron chi connectivity index (χ0n) is 26.9. The molecule has 2 nitrogen and oxygen atoms in total. The lowest BCUT2D eigenvalue weighted by Gasteiger charge is -2.19. The molecule has 0 saturated heterocycles. The van der Waals surface area contributed by atoms with E-state index in [4.69, 9.17) is 0 Å². The number of pyridine rings is 2. The second kappa shape index (κ2) is 12.4. The van der Waals surface area contributed by atoms with Gasteiger partial charge in [0.1, 0.15) is 0 Å². The van der Waals surface area contributed by atoms with Crippen molar-refractivity contribution in [1.82, 2.24) is 9.97 Å². The SMILES string of the molecule is CC(C)(C)c1ccc2ccccc2c1.CC(C)(C)c1ccc2ccccc2n1.CC(C)(C)c1ccc2ccncc2c1. The standard InChI is InChI=1S/C14H16.2C13H15N/c1-14(2,3)13-9-8-11-6-4-5-7-12(11)10-13;1-13(2,3)12-5-4-10-6-7-14-9-11(10)8-12;1-13(2,3)12-9-8-10-6-4-5-7-11(10)14-12/h4-10H,1-3H3;2*4-9H,1-3H3. The van der Waals surface area contributed by atoms with Crippen LogP contribution in [0, 0.1) is 0 Å². The first-order valence-corrected chi connectivity index (χ1v) is 14.9. The van der Waals surface area contributed by atoms with E-state index in [0.717, 1.165) is 11.2 Å². The Morgan fingerprint density at radius 3 is 1.52 bits per heavy atom. The number of rotatable bonds is 0. The Balaban J connectivity index is 0.000000145. The number of hydrogen-bond acceptors (Lipinski definition) is 2. The zero-order chi connectivity index (χ0) is 30.5. The van der Waals surface area contributed by atoms with Gasteiger partial charge in [0.15, 0.2) is 0 Å². The summed E-state index contributed by atoms with van der Waals surface area (Å²) < 4.78 is 0. The maximum absolute atomic E-state index is 4.65. The van der Waals surface area contributed by atoms with Crippen LogP contribution in [0.3, 0.4) is 0 Å². The van der Waals surface area contributed by atoms with Crippen molar-refractivity contribution in [1.29, 1.82) is 0 Å². The number of hydrogen-bond donors (Lipinski definition) is 0. The van der Waals surface area contributed by atoms with E-state index in [1.54, 1.807) is 0 Å². The molecule has 0 spiro atoms. The highest BCUT2D eigenvalue weighted by Crippen LogP contribution is 2.27. The van der Waals surface area contributed by atoms with Gasteiger partial charge in [-0.3, -0.25) is 9.97 Å². The Morgan fingerprint density at radius 1 is 0.429 bits per heavy atom. The van der Waals surface area contributed by atoms with Crippen molar-refractivity contribution in [2.75, 3.05) is 0 Å². The Labute approximate surface area is 252 Å². The van der Waals surface area contributed by atoms with Crippen LogP contribution in [0.2, 0.25) is 0 Å². The van der Waals surface area contributed by atoms with Crippen LogP contribution >= 0.6 is 0 Å². The maximum atomic E-state index is 4.65. The second-order valence-corrected chi connectivity index (χ2v) is 14.1. The molecule has 0 aliphatic heterocycles. The predicted octanol–water partition coefficient (Wildman–Crippen LogP) is 11.2. The molecule has 0 unspecified atom stereocenters. The highest BCUT2D eigenvalue weighted by atomic mass is 14.7. The first-order valence-electron chi connectivity index (χ1n) is 14.9. The lowest BCUT2D eigenvalue weighted by Crippen LogP contribution is -2.13. The minimum absolute atomic E-state index is 0.129. The maximum Gasteiger partial charge on any atom is 0.0705 e. The van der Waals surface area contributed by atoms with Crippen molar-refractivity contribution < 1.29 is 0 Å². The molecule has 0 atom stereocenters. The molecule has 42 heavy (non-hydrogen) atoms. The molecule has 0 N–H and O–H groups in total. The molecule has 0 fully saturated rings. The fraction of sp³-hybridized carbons (Fsp3) is 0.300. The van der Waals surface area contributed by atoms with Crippen LogP contribution in [0.1, 0.15) is 79.1 Å². The van der Waals surface area contributed by atoms with Gasteiger partial charge in [-0.2, -0.15) is 0 Å². The van der Waals surface area contributed by atoms with Crippen LogP contribution in [0.25, 0.3) is 32.4 Å². The largest absolute Gasteiger partial charge is 0.264 e. The van der Waals surface area contributed by atoms with Crippen LogP contribution in [0.4, 0.5) is 0 Å². The van der Waals surface area contributed by atoms with Gasteiger partial charge in [-0.25, -0.2) is 0 Å². The molecule has 6 aromatic rings. The van der Waals surface area contributed by atoms with Gasteiger partial charge >= 0.3 is 0 Å². The molecule has 216 valence electrons. The Kier molecular flexibility index (Phi) is 9.16. The van der Waals surface area contributed by atoms with Crippen molar-refractivity contribution in [2.24, 2.45) is 0 Å². The molecule has 0 saturated carbocycles. The van der Waals surface area contributed by atoms with E-state index in [9.17, 15) is 0 Å². The van der Waals surface area contributed by atoms with Gasteiger partial charge < -0.3 is 0 Å². The third kappa shape index (κ3) is 8.03. The van der Waals surface area contributed by atoms with E-state index < -0.39 is 0 Å². The summed E-state index contributed by atoms with van der Waals surface area (Å²) in [4.78, 5) is 8.78. The molecular formula is C40H46N2. The molecule has 2 aromatic heterocycles. The third-order valence-corrected chi connectivity index (χ3v) is 7.49. The van der Waals surface area contributed by atoms with Gasteiger partial charge in [0.05, 0.1) is 5.52 Å². The molecule has 2 heteroatoms. The first-order chi connectivity index (χ1) is 19.7. The molecule has 0 amide bonds. The van der Waals surface area contributed by atoms with Gasteiger partial charge in [-0.1, -0.05) is 141 Å². The van der Waals surface area contributed by atoms with E-state index in [0.29, 0.717) is 0 Å². The molecule has 0 aliphatic carbocycles. The van der Waals surface area contributed by atoms with E-state index in [1.807, 2.05) is 30.6 Å². The first kappa shape index (κ1) is 30.9. The third-order valence-electron chi connectivity index (χ3n) is 7.49. The predicted molar refractivity (Wildman–Crippen MR) is 184 cm³/mol. The quantitative estimate of drug-likeness (QED) is 0.187. The minimum Gasteiger partial charge on any atom is -0.264 e. The summed E-state index contributed by atoms with van der Waals surface area (Å²) in [7, 11) is 0. The second-order valence-electron chi connectivity index (χ2n) is 14.1. The average molecular weight is 555 g/mol. The van der Waals surface area contributed by atoms with Crippen molar-refractivity contribution >= 4 is 32.4 Å². The van der Waals surface area contributed by atoms with Crippen LogP contribution in [-0.4, -0.2) is 9.97 Å².